The van der Waals surface area contributed by atoms with Gasteiger partial charge >= 0.3 is 0 Å². The minimum atomic E-state index is 0.890. The summed E-state index contributed by atoms with van der Waals surface area (Å²) in [4.78, 5) is 2.43. The Labute approximate surface area is 77.3 Å². The number of hydrogen-bond donors (Lipinski definition) is 0. The molecule has 1 saturated heterocycles. The predicted molar refractivity (Wildman–Crippen MR) is 53.7 cm³/mol. The van der Waals surface area contributed by atoms with Crippen molar-refractivity contribution in [1.82, 2.24) is 4.90 Å². The van der Waals surface area contributed by atoms with Crippen molar-refractivity contribution in [2.75, 3.05) is 20.1 Å². The smallest absolute Gasteiger partial charge is 0.0265 e. The molecule has 0 aromatic rings. The van der Waals surface area contributed by atoms with Gasteiger partial charge in [0, 0.05) is 10.5 Å². The molecule has 0 amide bonds. The number of piperidine rings is 1. The first-order valence-electron chi connectivity index (χ1n) is 4.06. The summed E-state index contributed by atoms with van der Waals surface area (Å²) in [6.45, 7) is 4.90. The van der Waals surface area contributed by atoms with Crippen molar-refractivity contribution in [1.29, 1.82) is 0 Å². The number of halogens is 1. The summed E-state index contributed by atoms with van der Waals surface area (Å²) in [5.41, 5.74) is 0. The van der Waals surface area contributed by atoms with E-state index < -0.39 is 0 Å². The molecule has 1 nitrogen and oxygen atoms in total. The molecule has 2 heteroatoms. The number of alkyl halides is 1. The molecule has 60 valence electrons. The standard InChI is InChI=1S/C8H16IN/c1-3-7-4-5-10(2)6-8(7)9/h7-8H,3-6H2,1-2H3. The van der Waals surface area contributed by atoms with Crippen LogP contribution in [0.3, 0.4) is 0 Å². The zero-order valence-electron chi connectivity index (χ0n) is 6.81. The lowest BCUT2D eigenvalue weighted by atomic mass is 9.95. The molecule has 0 bridgehead atoms. The highest BCUT2D eigenvalue weighted by Crippen LogP contribution is 2.25. The van der Waals surface area contributed by atoms with Crippen LogP contribution in [0.2, 0.25) is 0 Å². The monoisotopic (exact) mass is 253 g/mol. The molecule has 10 heavy (non-hydrogen) atoms. The molecule has 0 radical (unpaired) electrons. The van der Waals surface area contributed by atoms with E-state index in [0.29, 0.717) is 0 Å². The zero-order valence-corrected chi connectivity index (χ0v) is 8.97. The quantitative estimate of drug-likeness (QED) is 0.511. The van der Waals surface area contributed by atoms with Crippen LogP contribution in [0, 0.1) is 5.92 Å². The van der Waals surface area contributed by atoms with E-state index in [-0.39, 0.29) is 0 Å². The fourth-order valence-corrected chi connectivity index (χ4v) is 3.11. The molecule has 0 N–H and O–H groups in total. The van der Waals surface area contributed by atoms with Gasteiger partial charge in [-0.1, -0.05) is 35.9 Å². The summed E-state index contributed by atoms with van der Waals surface area (Å²) in [6, 6.07) is 0. The van der Waals surface area contributed by atoms with Gasteiger partial charge in [-0.2, -0.15) is 0 Å². The Morgan fingerprint density at radius 1 is 1.60 bits per heavy atom. The second kappa shape index (κ2) is 3.90. The van der Waals surface area contributed by atoms with Gasteiger partial charge in [-0.3, -0.25) is 0 Å². The maximum atomic E-state index is 2.59. The van der Waals surface area contributed by atoms with Crippen LogP contribution >= 0.6 is 22.6 Å². The summed E-state index contributed by atoms with van der Waals surface area (Å²) in [7, 11) is 2.22. The first-order valence-corrected chi connectivity index (χ1v) is 5.31. The van der Waals surface area contributed by atoms with Gasteiger partial charge < -0.3 is 4.90 Å². The number of rotatable bonds is 1. The highest BCUT2D eigenvalue weighted by molar-refractivity contribution is 14.1. The molecule has 1 heterocycles. The van der Waals surface area contributed by atoms with Crippen LogP contribution < -0.4 is 0 Å². The highest BCUT2D eigenvalue weighted by atomic mass is 127. The van der Waals surface area contributed by atoms with E-state index in [4.69, 9.17) is 0 Å². The Bertz CT molecular complexity index is 105. The third kappa shape index (κ3) is 2.09. The van der Waals surface area contributed by atoms with Crippen molar-refractivity contribution in [3.63, 3.8) is 0 Å². The lowest BCUT2D eigenvalue weighted by molar-refractivity contribution is 0.230. The van der Waals surface area contributed by atoms with E-state index in [1.165, 1.54) is 25.9 Å². The van der Waals surface area contributed by atoms with Crippen molar-refractivity contribution in [2.45, 2.75) is 23.7 Å². The molecule has 1 aliphatic rings. The van der Waals surface area contributed by atoms with Gasteiger partial charge in [0.2, 0.25) is 0 Å². The van der Waals surface area contributed by atoms with Gasteiger partial charge in [0.05, 0.1) is 0 Å². The Balaban J connectivity index is 2.36. The van der Waals surface area contributed by atoms with E-state index in [1.54, 1.807) is 0 Å². The van der Waals surface area contributed by atoms with Crippen LogP contribution in [0.5, 0.6) is 0 Å². The number of nitrogens with zero attached hydrogens (tertiary/aromatic N) is 1. The van der Waals surface area contributed by atoms with Crippen LogP contribution in [0.15, 0.2) is 0 Å². The third-order valence-corrected chi connectivity index (χ3v) is 3.81. The molecular weight excluding hydrogens is 237 g/mol. The van der Waals surface area contributed by atoms with E-state index in [1.807, 2.05) is 0 Å². The lowest BCUT2D eigenvalue weighted by Crippen LogP contribution is -2.38. The average Bonchev–Trinajstić information content (AvgIpc) is 1.88. The second-order valence-corrected chi connectivity index (χ2v) is 4.84. The Hall–Kier alpha value is 0.690. The van der Waals surface area contributed by atoms with Gasteiger partial charge in [0.15, 0.2) is 0 Å². The summed E-state index contributed by atoms with van der Waals surface area (Å²) < 4.78 is 0.890. The zero-order chi connectivity index (χ0) is 7.56. The van der Waals surface area contributed by atoms with Gasteiger partial charge in [0.1, 0.15) is 0 Å². The Morgan fingerprint density at radius 2 is 2.30 bits per heavy atom. The van der Waals surface area contributed by atoms with Crippen molar-refractivity contribution in [3.8, 4) is 0 Å². The van der Waals surface area contributed by atoms with Gasteiger partial charge in [-0.25, -0.2) is 0 Å². The fourth-order valence-electron chi connectivity index (χ4n) is 1.57. The molecule has 1 aliphatic heterocycles. The fraction of sp³-hybridized carbons (Fsp3) is 1.00. The van der Waals surface area contributed by atoms with Crippen LogP contribution in [0.25, 0.3) is 0 Å². The van der Waals surface area contributed by atoms with Crippen LogP contribution in [0.4, 0.5) is 0 Å². The maximum Gasteiger partial charge on any atom is 0.0265 e. The molecule has 1 fully saturated rings. The van der Waals surface area contributed by atoms with Crippen LogP contribution in [-0.2, 0) is 0 Å². The van der Waals surface area contributed by atoms with Crippen LogP contribution in [0.1, 0.15) is 19.8 Å². The number of likely N-dealkylation sites (tertiary alicyclic amines) is 1. The Kier molecular flexibility index (Phi) is 3.43. The summed E-state index contributed by atoms with van der Waals surface area (Å²) in [5, 5.41) is 0. The van der Waals surface area contributed by atoms with E-state index >= 15 is 0 Å². The molecule has 2 unspecified atom stereocenters. The molecule has 0 spiro atoms. The van der Waals surface area contributed by atoms with E-state index in [0.717, 1.165) is 9.84 Å². The molecule has 1 rings (SSSR count). The SMILES string of the molecule is CCC1CCN(C)CC1I. The first-order chi connectivity index (χ1) is 4.74. The molecule has 0 saturated carbocycles. The van der Waals surface area contributed by atoms with Crippen molar-refractivity contribution in [3.05, 3.63) is 0 Å². The average molecular weight is 253 g/mol. The normalized spacial score (nSPS) is 36.3. The largest absolute Gasteiger partial charge is 0.305 e. The minimum absolute atomic E-state index is 0.890. The lowest BCUT2D eigenvalue weighted by Gasteiger charge is -2.32. The number of hydrogen-bond acceptors (Lipinski definition) is 1. The van der Waals surface area contributed by atoms with Crippen molar-refractivity contribution >= 4 is 22.6 Å². The second-order valence-electron chi connectivity index (χ2n) is 3.24. The maximum absolute atomic E-state index is 2.59. The summed E-state index contributed by atoms with van der Waals surface area (Å²) >= 11 is 2.59. The van der Waals surface area contributed by atoms with Crippen molar-refractivity contribution < 1.29 is 0 Å². The molecule has 0 aliphatic carbocycles. The van der Waals surface area contributed by atoms with E-state index in [9.17, 15) is 0 Å². The summed E-state index contributed by atoms with van der Waals surface area (Å²) in [5.74, 6) is 0.983. The van der Waals surface area contributed by atoms with Gasteiger partial charge in [0.25, 0.3) is 0 Å². The van der Waals surface area contributed by atoms with Crippen molar-refractivity contribution in [2.24, 2.45) is 5.92 Å². The highest BCUT2D eigenvalue weighted by Gasteiger charge is 2.23. The van der Waals surface area contributed by atoms with Gasteiger partial charge in [-0.15, -0.1) is 0 Å². The Morgan fingerprint density at radius 3 is 2.80 bits per heavy atom. The first kappa shape index (κ1) is 8.78. The molecule has 0 aromatic heterocycles. The topological polar surface area (TPSA) is 3.24 Å². The summed E-state index contributed by atoms with van der Waals surface area (Å²) in [6.07, 6.45) is 2.77. The third-order valence-electron chi connectivity index (χ3n) is 2.40. The minimum Gasteiger partial charge on any atom is -0.305 e. The molecule has 0 aromatic carbocycles. The predicted octanol–water partition coefficient (Wildman–Crippen LogP) is 2.15. The molecule has 2 atom stereocenters. The molecular formula is C8H16IN. The van der Waals surface area contributed by atoms with Gasteiger partial charge in [-0.05, 0) is 25.9 Å². The van der Waals surface area contributed by atoms with Crippen LogP contribution in [-0.4, -0.2) is 29.0 Å². The van der Waals surface area contributed by atoms with E-state index in [2.05, 4.69) is 41.5 Å².